The van der Waals surface area contributed by atoms with E-state index in [-0.39, 0.29) is 41.0 Å². The molecular weight excluding hydrogens is 913 g/mol. The Labute approximate surface area is 437 Å². The number of benzene rings is 4. The summed E-state index contributed by atoms with van der Waals surface area (Å²) in [5, 5.41) is 7.54. The minimum Gasteiger partial charge on any atom is -0.349 e. The van der Waals surface area contributed by atoms with Gasteiger partial charge in [-0.3, -0.25) is 14.4 Å². The van der Waals surface area contributed by atoms with Crippen molar-refractivity contribution in [3.05, 3.63) is 213 Å². The van der Waals surface area contributed by atoms with Gasteiger partial charge in [0.05, 0.1) is 10.8 Å². The van der Waals surface area contributed by atoms with Crippen LogP contribution in [0.4, 0.5) is 0 Å². The molecule has 10 rings (SSSR count). The third-order valence-corrected chi connectivity index (χ3v) is 17.3. The molecule has 9 nitrogen and oxygen atoms in total. The molecule has 4 N–H and O–H groups in total. The fourth-order valence-electron chi connectivity index (χ4n) is 13.1. The number of allylic oxidation sites excluding steroid dienone is 8. The quantitative estimate of drug-likeness (QED) is 0.0631. The normalized spacial score (nSPS) is 24.1. The average Bonchev–Trinajstić information content (AvgIpc) is 4.20. The van der Waals surface area contributed by atoms with Crippen LogP contribution in [0.25, 0.3) is 11.1 Å². The van der Waals surface area contributed by atoms with Gasteiger partial charge in [-0.2, -0.15) is 0 Å². The van der Waals surface area contributed by atoms with Gasteiger partial charge in [0.2, 0.25) is 0 Å². The van der Waals surface area contributed by atoms with E-state index in [0.29, 0.717) is 60.8 Å². The summed E-state index contributed by atoms with van der Waals surface area (Å²) in [6.45, 7) is 11.9. The summed E-state index contributed by atoms with van der Waals surface area (Å²) in [7, 11) is 0. The van der Waals surface area contributed by atoms with Crippen LogP contribution in [0.1, 0.15) is 117 Å². The maximum absolute atomic E-state index is 18.2. The van der Waals surface area contributed by atoms with E-state index in [2.05, 4.69) is 119 Å². The van der Waals surface area contributed by atoms with Gasteiger partial charge in [0, 0.05) is 59.9 Å². The van der Waals surface area contributed by atoms with Crippen LogP contribution >= 0.6 is 0 Å². The Morgan fingerprint density at radius 1 is 0.554 bits per heavy atom. The number of rotatable bonds is 18. The molecule has 2 fully saturated rings. The molecule has 74 heavy (non-hydrogen) atoms. The molecule has 0 bridgehead atoms. The van der Waals surface area contributed by atoms with Crippen LogP contribution in [0.3, 0.4) is 0 Å². The van der Waals surface area contributed by atoms with Gasteiger partial charge in [-0.15, -0.1) is 0 Å². The zero-order valence-corrected chi connectivity index (χ0v) is 43.7. The van der Waals surface area contributed by atoms with Crippen LogP contribution in [0.2, 0.25) is 0 Å². The van der Waals surface area contributed by atoms with Crippen LogP contribution < -0.4 is 10.6 Å². The number of aryl methyl sites for hydroxylation is 4. The topological polar surface area (TPSA) is 133 Å². The number of hydrogen-bond acceptors (Lipinski definition) is 7. The van der Waals surface area contributed by atoms with Gasteiger partial charge >= 0.3 is 0 Å². The number of piperidine rings is 2. The van der Waals surface area contributed by atoms with E-state index in [1.807, 2.05) is 73.1 Å². The largest absolute Gasteiger partial charge is 0.349 e. The van der Waals surface area contributed by atoms with Crippen LogP contribution in [0, 0.1) is 62.2 Å². The van der Waals surface area contributed by atoms with Crippen molar-refractivity contribution in [3.8, 4) is 0 Å². The maximum Gasteiger partial charge on any atom is 0.193 e. The molecule has 6 aromatic rings. The predicted octanol–water partition coefficient (Wildman–Crippen LogP) is 12.3. The highest BCUT2D eigenvalue weighted by atomic mass is 16.1. The Hall–Kier alpha value is -6.81. The molecule has 2 aromatic heterocycles. The molecule has 0 saturated carbocycles. The summed E-state index contributed by atoms with van der Waals surface area (Å²) in [6.07, 6.45) is 23.7. The number of Topliss-reactive ketones (excluding diaryl/α,β-unsaturated/α-hetero) is 3. The Kier molecular flexibility index (Phi) is 15.3. The molecule has 4 aliphatic rings. The Bertz CT molecular complexity index is 2870. The standard InChI is InChI=1S/C65H72N6O3/c1-43-17-11-25-51(45(43)3)53-37-57(49-23-15-31-66-41-49)64(29-13-27-59-68-33-34-69-59,39-55(53)61(72)47-19-7-5-8-20-47)63(74)65(30-14-28-60-70-35-36-71-60)40-56(62(73)48-21-9-6-10-22-48)54(52-26-12-18-44(2)46(52)4)38-58(65)50-24-16-32-67-42-50/h5-12,17-22,25-26,33-40,49-50,57-58,66-67H,13-16,23-24,27-32,41-42H2,1-4H3,(H,68,69)(H,70,71). The van der Waals surface area contributed by atoms with E-state index < -0.39 is 10.8 Å². The van der Waals surface area contributed by atoms with Crippen molar-refractivity contribution in [3.63, 3.8) is 0 Å². The summed E-state index contributed by atoms with van der Waals surface area (Å²) in [5.74, 6) is 1.20. The van der Waals surface area contributed by atoms with Crippen molar-refractivity contribution < 1.29 is 14.4 Å². The number of carbonyl (C=O) groups is 3. The van der Waals surface area contributed by atoms with E-state index in [1.54, 1.807) is 12.4 Å². The summed E-state index contributed by atoms with van der Waals surface area (Å²) in [5.41, 5.74) is 8.23. The number of imidazole rings is 2. The molecule has 4 heterocycles. The molecule has 6 unspecified atom stereocenters. The molecule has 2 aliphatic heterocycles. The van der Waals surface area contributed by atoms with Crippen molar-refractivity contribution in [2.45, 2.75) is 91.9 Å². The van der Waals surface area contributed by atoms with Crippen LogP contribution in [-0.4, -0.2) is 63.5 Å². The maximum atomic E-state index is 18.2. The number of aromatic nitrogens is 4. The van der Waals surface area contributed by atoms with Crippen molar-refractivity contribution in [1.29, 1.82) is 0 Å². The molecule has 9 heteroatoms. The van der Waals surface area contributed by atoms with Crippen LogP contribution in [-0.2, 0) is 17.6 Å². The van der Waals surface area contributed by atoms with Gasteiger partial charge in [-0.1, -0.05) is 121 Å². The third-order valence-electron chi connectivity index (χ3n) is 17.3. The van der Waals surface area contributed by atoms with Crippen LogP contribution in [0.15, 0.2) is 157 Å². The number of H-pyrrole nitrogens is 2. The first kappa shape index (κ1) is 50.7. The van der Waals surface area contributed by atoms with E-state index in [0.717, 1.165) is 108 Å². The van der Waals surface area contributed by atoms with E-state index in [9.17, 15) is 0 Å². The smallest absolute Gasteiger partial charge is 0.193 e. The first-order valence-electron chi connectivity index (χ1n) is 27.2. The minimum absolute atomic E-state index is 0.0788. The fourth-order valence-corrected chi connectivity index (χ4v) is 13.1. The SMILES string of the molecule is Cc1cccc(C2=CC(C3CCCNC3)C(CCCc3ncc[nH]3)(C(=O)C3(CCCc4ncc[nH]4)C=C(C(=O)c4ccccc4)C(c4cccc(C)c4C)=CC3C3CCCNC3)C=C2C(=O)c2ccccc2)c1C. The summed E-state index contributed by atoms with van der Waals surface area (Å²) >= 11 is 0. The van der Waals surface area contributed by atoms with Crippen molar-refractivity contribution in [1.82, 2.24) is 30.6 Å². The van der Waals surface area contributed by atoms with E-state index in [4.69, 9.17) is 0 Å². The highest BCUT2D eigenvalue weighted by Crippen LogP contribution is 2.59. The van der Waals surface area contributed by atoms with Gasteiger partial charge in [0.25, 0.3) is 0 Å². The lowest BCUT2D eigenvalue weighted by Gasteiger charge is -2.53. The first-order chi connectivity index (χ1) is 36.1. The van der Waals surface area contributed by atoms with Gasteiger partial charge < -0.3 is 20.6 Å². The zero-order chi connectivity index (χ0) is 51.2. The highest BCUT2D eigenvalue weighted by molar-refractivity contribution is 6.22. The van der Waals surface area contributed by atoms with Gasteiger partial charge in [0.15, 0.2) is 17.3 Å². The van der Waals surface area contributed by atoms with Crippen molar-refractivity contribution >= 4 is 28.5 Å². The molecule has 6 atom stereocenters. The molecule has 2 saturated heterocycles. The lowest BCUT2D eigenvalue weighted by molar-refractivity contribution is -0.141. The summed E-state index contributed by atoms with van der Waals surface area (Å²) in [4.78, 5) is 65.7. The second kappa shape index (κ2) is 22.3. The predicted molar refractivity (Wildman–Crippen MR) is 297 cm³/mol. The van der Waals surface area contributed by atoms with Gasteiger partial charge in [-0.05, 0) is 173 Å². The monoisotopic (exact) mass is 985 g/mol. The lowest BCUT2D eigenvalue weighted by Crippen LogP contribution is -2.55. The average molecular weight is 985 g/mol. The van der Waals surface area contributed by atoms with Gasteiger partial charge in [-0.25, -0.2) is 9.97 Å². The number of nitrogens with one attached hydrogen (secondary N) is 4. The molecular formula is C65H72N6O3. The second-order valence-corrected chi connectivity index (χ2v) is 21.6. The number of ketones is 3. The molecule has 380 valence electrons. The zero-order valence-electron chi connectivity index (χ0n) is 43.7. The second-order valence-electron chi connectivity index (χ2n) is 21.6. The Balaban J connectivity index is 1.28. The molecule has 4 aromatic carbocycles. The number of carbonyl (C=O) groups excluding carboxylic acids is 3. The van der Waals surface area contributed by atoms with Gasteiger partial charge in [0.1, 0.15) is 11.6 Å². The Morgan fingerprint density at radius 3 is 1.36 bits per heavy atom. The molecule has 0 amide bonds. The van der Waals surface area contributed by atoms with Crippen molar-refractivity contribution in [2.75, 3.05) is 26.2 Å². The molecule has 0 spiro atoms. The lowest BCUT2D eigenvalue weighted by atomic mass is 9.49. The molecule has 0 radical (unpaired) electrons. The number of aromatic amines is 2. The summed E-state index contributed by atoms with van der Waals surface area (Å²) in [6, 6.07) is 31.9. The van der Waals surface area contributed by atoms with Crippen LogP contribution in [0.5, 0.6) is 0 Å². The Morgan fingerprint density at radius 2 is 0.986 bits per heavy atom. The summed E-state index contributed by atoms with van der Waals surface area (Å²) < 4.78 is 0. The first-order valence-corrected chi connectivity index (χ1v) is 27.2. The number of hydrogen-bond donors (Lipinski definition) is 4. The van der Waals surface area contributed by atoms with Crippen molar-refractivity contribution in [2.24, 2.45) is 34.5 Å². The molecule has 2 aliphatic carbocycles. The minimum atomic E-state index is -1.19. The van der Waals surface area contributed by atoms with E-state index >= 15 is 14.4 Å². The fraction of sp³-hybridized carbons (Fsp3) is 0.369. The van der Waals surface area contributed by atoms with E-state index in [1.165, 1.54) is 0 Å². The third kappa shape index (κ3) is 10.1. The highest BCUT2D eigenvalue weighted by Gasteiger charge is 2.59. The number of nitrogens with zero attached hydrogens (tertiary/aromatic N) is 2.